The number of methoxy groups -OCH3 is 1. The lowest BCUT2D eigenvalue weighted by Gasteiger charge is -2.16. The first-order valence-electron chi connectivity index (χ1n) is 7.96. The molecule has 1 fully saturated rings. The van der Waals surface area contributed by atoms with Crippen molar-refractivity contribution in [1.29, 1.82) is 0 Å². The Morgan fingerprint density at radius 1 is 1.43 bits per heavy atom. The van der Waals surface area contributed by atoms with Crippen LogP contribution in [-0.4, -0.2) is 62.6 Å². The molecule has 1 heterocycles. The molecular weight excluding hydrogens is 411 g/mol. The van der Waals surface area contributed by atoms with Crippen LogP contribution in [0.4, 0.5) is 0 Å². The van der Waals surface area contributed by atoms with E-state index >= 15 is 0 Å². The highest BCUT2D eigenvalue weighted by atomic mass is 127. The Balaban J connectivity index is 0.00000484. The predicted molar refractivity (Wildman–Crippen MR) is 101 cm³/mol. The van der Waals surface area contributed by atoms with E-state index in [0.717, 1.165) is 39.0 Å². The van der Waals surface area contributed by atoms with Gasteiger partial charge in [-0.05, 0) is 19.8 Å². The monoisotopic (exact) mass is 440 g/mol. The number of hydrogen-bond donors (Lipinski definition) is 2. The highest BCUT2D eigenvalue weighted by molar-refractivity contribution is 14.0. The lowest BCUT2D eigenvalue weighted by Crippen LogP contribution is -2.39. The molecule has 0 bridgehead atoms. The maximum Gasteiger partial charge on any atom is 0.310 e. The molecule has 0 aromatic rings. The summed E-state index contributed by atoms with van der Waals surface area (Å²) < 4.78 is 4.68. The fourth-order valence-corrected chi connectivity index (χ4v) is 2.26. The van der Waals surface area contributed by atoms with E-state index in [-0.39, 0.29) is 41.8 Å². The third-order valence-corrected chi connectivity index (χ3v) is 3.54. The molecule has 0 aliphatic carbocycles. The summed E-state index contributed by atoms with van der Waals surface area (Å²) in [6.07, 6.45) is 2.54. The van der Waals surface area contributed by atoms with Crippen molar-refractivity contribution in [3.63, 3.8) is 0 Å². The fraction of sp³-hybridized carbons (Fsp3) is 0.800. The molecule has 1 aliphatic rings. The second kappa shape index (κ2) is 12.4. The molecule has 23 heavy (non-hydrogen) atoms. The van der Waals surface area contributed by atoms with E-state index in [1.165, 1.54) is 7.11 Å². The van der Waals surface area contributed by atoms with Gasteiger partial charge < -0.3 is 20.3 Å². The minimum atomic E-state index is -0.261. The van der Waals surface area contributed by atoms with Crippen molar-refractivity contribution in [2.75, 3.05) is 39.8 Å². The molecule has 1 saturated heterocycles. The molecule has 1 rings (SSSR count). The molecule has 0 radical (unpaired) electrons. The van der Waals surface area contributed by atoms with Crippen molar-refractivity contribution in [1.82, 2.24) is 15.5 Å². The summed E-state index contributed by atoms with van der Waals surface area (Å²) in [6, 6.07) is 0. The molecule has 0 saturated carbocycles. The van der Waals surface area contributed by atoms with Crippen molar-refractivity contribution in [3.8, 4) is 0 Å². The molecule has 8 heteroatoms. The van der Waals surface area contributed by atoms with Gasteiger partial charge in [0, 0.05) is 32.6 Å². The van der Waals surface area contributed by atoms with Crippen molar-refractivity contribution in [3.05, 3.63) is 0 Å². The first-order valence-corrected chi connectivity index (χ1v) is 7.96. The first-order chi connectivity index (χ1) is 10.6. The number of nitrogens with zero attached hydrogens (tertiary/aromatic N) is 2. The summed E-state index contributed by atoms with van der Waals surface area (Å²) in [5.41, 5.74) is 0. The Labute approximate surface area is 155 Å². The van der Waals surface area contributed by atoms with Gasteiger partial charge in [0.1, 0.15) is 0 Å². The second-order valence-corrected chi connectivity index (χ2v) is 5.41. The quantitative estimate of drug-likeness (QED) is 0.193. The van der Waals surface area contributed by atoms with E-state index in [0.29, 0.717) is 18.9 Å². The Hall–Kier alpha value is -1.06. The summed E-state index contributed by atoms with van der Waals surface area (Å²) in [4.78, 5) is 29.1. The van der Waals surface area contributed by atoms with Crippen LogP contribution < -0.4 is 10.6 Å². The number of amides is 1. The van der Waals surface area contributed by atoms with Crippen molar-refractivity contribution in [2.45, 2.75) is 33.1 Å². The topological polar surface area (TPSA) is 83.0 Å². The van der Waals surface area contributed by atoms with Crippen molar-refractivity contribution >= 4 is 41.8 Å². The van der Waals surface area contributed by atoms with E-state index in [4.69, 9.17) is 0 Å². The fourth-order valence-electron chi connectivity index (χ4n) is 2.26. The van der Waals surface area contributed by atoms with Crippen LogP contribution in [-0.2, 0) is 14.3 Å². The average Bonchev–Trinajstić information content (AvgIpc) is 2.93. The third kappa shape index (κ3) is 8.38. The maximum absolute atomic E-state index is 11.5. The standard InChI is InChI=1S/C15H28N4O3.HI/c1-4-16-15(18-11-12(2)14(21)22-3)17-8-6-10-19-9-5-7-13(19)20;/h12H,4-11H2,1-3H3,(H2,16,17,18);1H. The summed E-state index contributed by atoms with van der Waals surface area (Å²) in [5.74, 6) is 0.424. The number of likely N-dealkylation sites (tertiary alicyclic amines) is 1. The molecule has 2 N–H and O–H groups in total. The number of carbonyl (C=O) groups excluding carboxylic acids is 2. The van der Waals surface area contributed by atoms with Gasteiger partial charge in [-0.3, -0.25) is 14.6 Å². The minimum Gasteiger partial charge on any atom is -0.469 e. The lowest BCUT2D eigenvalue weighted by molar-refractivity contribution is -0.144. The number of ether oxygens (including phenoxy) is 1. The SMILES string of the molecule is CCNC(=NCC(C)C(=O)OC)NCCCN1CCCC1=O.I. The van der Waals surface area contributed by atoms with Crippen molar-refractivity contribution < 1.29 is 14.3 Å². The number of hydrogen-bond acceptors (Lipinski definition) is 4. The number of halogens is 1. The Kier molecular flexibility index (Phi) is 11.8. The normalized spacial score (nSPS) is 15.9. The van der Waals surface area contributed by atoms with Crippen LogP contribution in [0.2, 0.25) is 0 Å². The van der Waals surface area contributed by atoms with Gasteiger partial charge in [0.05, 0.1) is 19.6 Å². The summed E-state index contributed by atoms with van der Waals surface area (Å²) in [6.45, 7) is 7.31. The molecule has 7 nitrogen and oxygen atoms in total. The van der Waals surface area contributed by atoms with E-state index in [9.17, 15) is 9.59 Å². The minimum absolute atomic E-state index is 0. The molecule has 1 aliphatic heterocycles. The smallest absolute Gasteiger partial charge is 0.310 e. The van der Waals surface area contributed by atoms with Gasteiger partial charge in [-0.1, -0.05) is 6.92 Å². The number of rotatable bonds is 8. The van der Waals surface area contributed by atoms with Gasteiger partial charge in [0.2, 0.25) is 5.91 Å². The summed E-state index contributed by atoms with van der Waals surface area (Å²) in [7, 11) is 1.38. The molecule has 1 unspecified atom stereocenters. The average molecular weight is 440 g/mol. The van der Waals surface area contributed by atoms with Crippen LogP contribution in [0.25, 0.3) is 0 Å². The van der Waals surface area contributed by atoms with Gasteiger partial charge in [-0.2, -0.15) is 0 Å². The molecule has 0 spiro atoms. The van der Waals surface area contributed by atoms with E-state index in [2.05, 4.69) is 20.4 Å². The van der Waals surface area contributed by atoms with Crippen LogP contribution in [0.3, 0.4) is 0 Å². The number of carbonyl (C=O) groups is 2. The first kappa shape index (κ1) is 21.9. The van der Waals surface area contributed by atoms with Crippen LogP contribution in [0, 0.1) is 5.92 Å². The largest absolute Gasteiger partial charge is 0.469 e. The van der Waals surface area contributed by atoms with Gasteiger partial charge in [-0.15, -0.1) is 24.0 Å². The summed E-state index contributed by atoms with van der Waals surface area (Å²) in [5, 5.41) is 6.36. The van der Waals surface area contributed by atoms with Gasteiger partial charge >= 0.3 is 5.97 Å². The number of aliphatic imine (C=N–C) groups is 1. The molecule has 1 atom stereocenters. The molecule has 0 aromatic heterocycles. The van der Waals surface area contributed by atoms with E-state index < -0.39 is 0 Å². The van der Waals surface area contributed by atoms with Crippen molar-refractivity contribution in [2.24, 2.45) is 10.9 Å². The van der Waals surface area contributed by atoms with Crippen LogP contribution in [0.5, 0.6) is 0 Å². The summed E-state index contributed by atoms with van der Waals surface area (Å²) >= 11 is 0. The maximum atomic E-state index is 11.5. The molecule has 134 valence electrons. The van der Waals surface area contributed by atoms with Gasteiger partial charge in [-0.25, -0.2) is 0 Å². The highest BCUT2D eigenvalue weighted by Crippen LogP contribution is 2.09. The molecule has 0 aromatic carbocycles. The number of esters is 1. The Morgan fingerprint density at radius 2 is 2.17 bits per heavy atom. The zero-order chi connectivity index (χ0) is 16.4. The van der Waals surface area contributed by atoms with Crippen LogP contribution >= 0.6 is 24.0 Å². The van der Waals surface area contributed by atoms with Gasteiger partial charge in [0.15, 0.2) is 5.96 Å². The lowest BCUT2D eigenvalue weighted by atomic mass is 10.2. The Bertz CT molecular complexity index is 404. The number of guanidine groups is 1. The second-order valence-electron chi connectivity index (χ2n) is 5.41. The van der Waals surface area contributed by atoms with E-state index in [1.54, 1.807) is 6.92 Å². The molecule has 1 amide bonds. The zero-order valence-corrected chi connectivity index (χ0v) is 16.6. The zero-order valence-electron chi connectivity index (χ0n) is 14.3. The highest BCUT2D eigenvalue weighted by Gasteiger charge is 2.19. The Morgan fingerprint density at radius 3 is 2.74 bits per heavy atom. The van der Waals surface area contributed by atoms with Gasteiger partial charge in [0.25, 0.3) is 0 Å². The third-order valence-electron chi connectivity index (χ3n) is 3.54. The molecular formula is C15H29IN4O3. The van der Waals surface area contributed by atoms with Crippen LogP contribution in [0.1, 0.15) is 33.1 Å². The van der Waals surface area contributed by atoms with Crippen LogP contribution in [0.15, 0.2) is 4.99 Å². The predicted octanol–water partition coefficient (Wildman–Crippen LogP) is 0.981. The number of nitrogens with one attached hydrogen (secondary N) is 2. The van der Waals surface area contributed by atoms with E-state index in [1.807, 2.05) is 11.8 Å².